The summed E-state index contributed by atoms with van der Waals surface area (Å²) in [6.07, 6.45) is 3.32. The molecule has 1 rings (SSSR count). The number of esters is 1. The molecule has 0 aliphatic rings. The van der Waals surface area contributed by atoms with Crippen molar-refractivity contribution in [2.24, 2.45) is 0 Å². The summed E-state index contributed by atoms with van der Waals surface area (Å²) in [7, 11) is 1.26. The second-order valence-electron chi connectivity index (χ2n) is 3.18. The SMILES string of the molecule is CCCCc1[nH]nc(C(=O)OC)c1C=O. The van der Waals surface area contributed by atoms with E-state index in [0.29, 0.717) is 24.0 Å². The van der Waals surface area contributed by atoms with Gasteiger partial charge < -0.3 is 4.74 Å². The molecule has 5 nitrogen and oxygen atoms in total. The van der Waals surface area contributed by atoms with Crippen molar-refractivity contribution in [3.8, 4) is 0 Å². The van der Waals surface area contributed by atoms with E-state index in [1.165, 1.54) is 7.11 Å². The van der Waals surface area contributed by atoms with Crippen LogP contribution in [0, 0.1) is 0 Å². The number of ether oxygens (including phenoxy) is 1. The van der Waals surface area contributed by atoms with Crippen molar-refractivity contribution in [2.45, 2.75) is 26.2 Å². The Morgan fingerprint density at radius 3 is 2.87 bits per heavy atom. The Hall–Kier alpha value is -1.65. The molecule has 0 spiro atoms. The minimum Gasteiger partial charge on any atom is -0.464 e. The number of carbonyl (C=O) groups is 2. The van der Waals surface area contributed by atoms with Crippen molar-refractivity contribution in [1.29, 1.82) is 0 Å². The first-order valence-electron chi connectivity index (χ1n) is 4.85. The van der Waals surface area contributed by atoms with Crippen molar-refractivity contribution in [3.63, 3.8) is 0 Å². The van der Waals surface area contributed by atoms with Crippen molar-refractivity contribution in [1.82, 2.24) is 10.2 Å². The zero-order chi connectivity index (χ0) is 11.3. The number of aldehydes is 1. The number of H-pyrrole nitrogens is 1. The van der Waals surface area contributed by atoms with Crippen LogP contribution in [0.1, 0.15) is 46.3 Å². The summed E-state index contributed by atoms with van der Waals surface area (Å²) in [5.41, 5.74) is 1.08. The molecule has 1 heterocycles. The highest BCUT2D eigenvalue weighted by molar-refractivity contribution is 5.97. The van der Waals surface area contributed by atoms with Crippen LogP contribution in [0.3, 0.4) is 0 Å². The molecule has 15 heavy (non-hydrogen) atoms. The molecule has 0 unspecified atom stereocenters. The predicted molar refractivity (Wildman–Crippen MR) is 53.9 cm³/mol. The van der Waals surface area contributed by atoms with Gasteiger partial charge in [-0.1, -0.05) is 13.3 Å². The molecule has 0 fully saturated rings. The molecule has 0 atom stereocenters. The van der Waals surface area contributed by atoms with E-state index in [4.69, 9.17) is 0 Å². The highest BCUT2D eigenvalue weighted by Crippen LogP contribution is 2.12. The molecule has 0 radical (unpaired) electrons. The fourth-order valence-electron chi connectivity index (χ4n) is 1.31. The summed E-state index contributed by atoms with van der Waals surface area (Å²) in [4.78, 5) is 22.0. The van der Waals surface area contributed by atoms with Crippen molar-refractivity contribution in [3.05, 3.63) is 17.0 Å². The van der Waals surface area contributed by atoms with Crippen LogP contribution in [-0.4, -0.2) is 29.6 Å². The number of unbranched alkanes of at least 4 members (excludes halogenated alkanes) is 1. The largest absolute Gasteiger partial charge is 0.464 e. The summed E-state index contributed by atoms with van der Waals surface area (Å²) in [5.74, 6) is -0.587. The second-order valence-corrected chi connectivity index (χ2v) is 3.18. The van der Waals surface area contributed by atoms with Gasteiger partial charge in [0.1, 0.15) is 0 Å². The number of rotatable bonds is 5. The van der Waals surface area contributed by atoms with Gasteiger partial charge in [0.25, 0.3) is 0 Å². The van der Waals surface area contributed by atoms with E-state index in [1.807, 2.05) is 0 Å². The first-order valence-corrected chi connectivity index (χ1v) is 4.85. The minimum absolute atomic E-state index is 0.0682. The van der Waals surface area contributed by atoms with Crippen LogP contribution in [0.15, 0.2) is 0 Å². The van der Waals surface area contributed by atoms with Crippen LogP contribution >= 0.6 is 0 Å². The average Bonchev–Trinajstić information content (AvgIpc) is 2.67. The molecule has 5 heteroatoms. The molecule has 1 N–H and O–H groups in total. The van der Waals surface area contributed by atoms with E-state index < -0.39 is 5.97 Å². The van der Waals surface area contributed by atoms with Gasteiger partial charge in [0, 0.05) is 5.69 Å². The third kappa shape index (κ3) is 2.43. The number of hydrogen-bond donors (Lipinski definition) is 1. The molecule has 0 aliphatic carbocycles. The zero-order valence-corrected chi connectivity index (χ0v) is 8.87. The average molecular weight is 210 g/mol. The fraction of sp³-hybridized carbons (Fsp3) is 0.500. The second kappa shape index (κ2) is 5.29. The standard InChI is InChI=1S/C10H14N2O3/c1-3-4-5-8-7(6-13)9(12-11-8)10(14)15-2/h6H,3-5H2,1-2H3,(H,11,12). The Labute approximate surface area is 87.8 Å². The molecule has 1 aromatic heterocycles. The number of carbonyl (C=O) groups excluding carboxylic acids is 2. The number of hydrogen-bond acceptors (Lipinski definition) is 4. The van der Waals surface area contributed by atoms with E-state index in [0.717, 1.165) is 12.8 Å². The Morgan fingerprint density at radius 2 is 2.33 bits per heavy atom. The third-order valence-electron chi connectivity index (χ3n) is 2.16. The van der Waals surface area contributed by atoms with E-state index in [2.05, 4.69) is 21.9 Å². The smallest absolute Gasteiger partial charge is 0.359 e. The van der Waals surface area contributed by atoms with Crippen molar-refractivity contribution < 1.29 is 14.3 Å². The van der Waals surface area contributed by atoms with Crippen LogP contribution in [0.4, 0.5) is 0 Å². The highest BCUT2D eigenvalue weighted by Gasteiger charge is 2.18. The van der Waals surface area contributed by atoms with Gasteiger partial charge >= 0.3 is 5.97 Å². The number of aryl methyl sites for hydroxylation is 1. The lowest BCUT2D eigenvalue weighted by Gasteiger charge is -1.97. The highest BCUT2D eigenvalue weighted by atomic mass is 16.5. The van der Waals surface area contributed by atoms with Crippen molar-refractivity contribution in [2.75, 3.05) is 7.11 Å². The normalized spacial score (nSPS) is 10.0. The summed E-state index contributed by atoms with van der Waals surface area (Å²) >= 11 is 0. The quantitative estimate of drug-likeness (QED) is 0.588. The van der Waals surface area contributed by atoms with Gasteiger partial charge in [-0.2, -0.15) is 5.10 Å². The Kier molecular flexibility index (Phi) is 4.03. The van der Waals surface area contributed by atoms with E-state index in [1.54, 1.807) is 0 Å². The Balaban J connectivity index is 2.95. The number of aromatic amines is 1. The van der Waals surface area contributed by atoms with Crippen LogP contribution in [-0.2, 0) is 11.2 Å². The van der Waals surface area contributed by atoms with Crippen molar-refractivity contribution >= 4 is 12.3 Å². The van der Waals surface area contributed by atoms with Gasteiger partial charge in [0.2, 0.25) is 0 Å². The molecule has 0 aromatic carbocycles. The first-order chi connectivity index (χ1) is 7.24. The number of nitrogens with zero attached hydrogens (tertiary/aromatic N) is 1. The lowest BCUT2D eigenvalue weighted by atomic mass is 10.1. The summed E-state index contributed by atoms with van der Waals surface area (Å²) in [6.45, 7) is 2.05. The summed E-state index contributed by atoms with van der Waals surface area (Å²) in [6, 6.07) is 0. The van der Waals surface area contributed by atoms with Gasteiger partial charge in [-0.3, -0.25) is 9.89 Å². The first kappa shape index (κ1) is 11.4. The van der Waals surface area contributed by atoms with Crippen LogP contribution in [0.5, 0.6) is 0 Å². The lowest BCUT2D eigenvalue weighted by Crippen LogP contribution is -2.05. The molecule has 82 valence electrons. The van der Waals surface area contributed by atoms with Crippen LogP contribution < -0.4 is 0 Å². The Bertz CT molecular complexity index is 358. The number of methoxy groups -OCH3 is 1. The molecule has 1 aromatic rings. The molecule has 0 amide bonds. The van der Waals surface area contributed by atoms with E-state index in [9.17, 15) is 9.59 Å². The monoisotopic (exact) mass is 210 g/mol. The van der Waals surface area contributed by atoms with E-state index in [-0.39, 0.29) is 5.69 Å². The molecular weight excluding hydrogens is 196 g/mol. The number of nitrogens with one attached hydrogen (secondary N) is 1. The maximum absolute atomic E-state index is 11.2. The Morgan fingerprint density at radius 1 is 1.60 bits per heavy atom. The van der Waals surface area contributed by atoms with Gasteiger partial charge in [0.05, 0.1) is 12.7 Å². The molecule has 0 bridgehead atoms. The number of aromatic nitrogens is 2. The van der Waals surface area contributed by atoms with Gasteiger partial charge in [-0.25, -0.2) is 4.79 Å². The fourth-order valence-corrected chi connectivity index (χ4v) is 1.31. The van der Waals surface area contributed by atoms with Crippen LogP contribution in [0.2, 0.25) is 0 Å². The summed E-state index contributed by atoms with van der Waals surface area (Å²) < 4.78 is 4.52. The molecule has 0 saturated carbocycles. The van der Waals surface area contributed by atoms with Gasteiger partial charge in [-0.05, 0) is 12.8 Å². The topological polar surface area (TPSA) is 72.1 Å². The van der Waals surface area contributed by atoms with Gasteiger partial charge in [-0.15, -0.1) is 0 Å². The maximum Gasteiger partial charge on any atom is 0.359 e. The predicted octanol–water partition coefficient (Wildman–Crippen LogP) is 1.35. The molecule has 0 saturated heterocycles. The van der Waals surface area contributed by atoms with E-state index >= 15 is 0 Å². The van der Waals surface area contributed by atoms with Gasteiger partial charge in [0.15, 0.2) is 12.0 Å². The van der Waals surface area contributed by atoms with Crippen LogP contribution in [0.25, 0.3) is 0 Å². The third-order valence-corrected chi connectivity index (χ3v) is 2.16. The summed E-state index contributed by atoms with van der Waals surface area (Å²) in [5, 5.41) is 6.47. The lowest BCUT2D eigenvalue weighted by molar-refractivity contribution is 0.0591. The minimum atomic E-state index is -0.587. The maximum atomic E-state index is 11.2. The molecule has 0 aliphatic heterocycles. The molecular formula is C10H14N2O3. The zero-order valence-electron chi connectivity index (χ0n) is 8.87.